The van der Waals surface area contributed by atoms with Crippen molar-refractivity contribution in [1.82, 2.24) is 4.72 Å². The third-order valence-electron chi connectivity index (χ3n) is 3.02. The SMILES string of the molecule is CCCC(NS(=O)(=O)c1ccc(Br)cc1N)c1cccs1. The van der Waals surface area contributed by atoms with Crippen LogP contribution in [0, 0.1) is 0 Å². The Hall–Kier alpha value is -0.890. The van der Waals surface area contributed by atoms with Gasteiger partial charge in [-0.2, -0.15) is 0 Å². The second-order valence-corrected chi connectivity index (χ2v) is 8.24. The van der Waals surface area contributed by atoms with Gasteiger partial charge in [0.1, 0.15) is 4.90 Å². The molecule has 0 saturated heterocycles. The number of benzene rings is 1. The Morgan fingerprint density at radius 3 is 2.71 bits per heavy atom. The first-order chi connectivity index (χ1) is 9.94. The normalized spacial score (nSPS) is 13.2. The second-order valence-electron chi connectivity index (χ2n) is 4.66. The molecule has 0 aliphatic heterocycles. The lowest BCUT2D eigenvalue weighted by atomic mass is 10.1. The Morgan fingerprint density at radius 2 is 2.14 bits per heavy atom. The van der Waals surface area contributed by atoms with Crippen LogP contribution in [0.15, 0.2) is 45.1 Å². The van der Waals surface area contributed by atoms with E-state index in [0.29, 0.717) is 0 Å². The first-order valence-electron chi connectivity index (χ1n) is 6.55. The summed E-state index contributed by atoms with van der Waals surface area (Å²) in [5, 5.41) is 1.94. The molecular formula is C14H17BrN2O2S2. The van der Waals surface area contributed by atoms with Crippen molar-refractivity contribution in [2.24, 2.45) is 0 Å². The van der Waals surface area contributed by atoms with Crippen LogP contribution < -0.4 is 10.5 Å². The first kappa shape index (κ1) is 16.5. The number of hydrogen-bond acceptors (Lipinski definition) is 4. The smallest absolute Gasteiger partial charge is 0.243 e. The van der Waals surface area contributed by atoms with E-state index in [0.717, 1.165) is 22.2 Å². The Balaban J connectivity index is 2.30. The fourth-order valence-corrected chi connectivity index (χ4v) is 4.68. The topological polar surface area (TPSA) is 72.2 Å². The molecule has 1 atom stereocenters. The number of hydrogen-bond donors (Lipinski definition) is 2. The van der Waals surface area contributed by atoms with Crippen molar-refractivity contribution < 1.29 is 8.42 Å². The van der Waals surface area contributed by atoms with Crippen molar-refractivity contribution in [1.29, 1.82) is 0 Å². The van der Waals surface area contributed by atoms with Gasteiger partial charge in [-0.05, 0) is 36.1 Å². The van der Waals surface area contributed by atoms with Crippen molar-refractivity contribution in [3.8, 4) is 0 Å². The summed E-state index contributed by atoms with van der Waals surface area (Å²) in [6.07, 6.45) is 1.64. The number of thiophene rings is 1. The maximum atomic E-state index is 12.5. The molecule has 0 amide bonds. The average Bonchev–Trinajstić information content (AvgIpc) is 2.91. The minimum atomic E-state index is -3.64. The largest absolute Gasteiger partial charge is 0.398 e. The number of anilines is 1. The molecule has 0 spiro atoms. The highest BCUT2D eigenvalue weighted by Gasteiger charge is 2.23. The molecule has 0 saturated carbocycles. The van der Waals surface area contributed by atoms with Gasteiger partial charge in [0.05, 0.1) is 11.7 Å². The zero-order chi connectivity index (χ0) is 15.5. The van der Waals surface area contributed by atoms with Gasteiger partial charge in [-0.15, -0.1) is 11.3 Å². The van der Waals surface area contributed by atoms with E-state index in [1.165, 1.54) is 6.07 Å². The zero-order valence-corrected chi connectivity index (χ0v) is 14.8. The molecular weight excluding hydrogens is 372 g/mol. The van der Waals surface area contributed by atoms with Crippen molar-refractivity contribution >= 4 is 43.0 Å². The zero-order valence-electron chi connectivity index (χ0n) is 11.5. The summed E-state index contributed by atoms with van der Waals surface area (Å²) in [4.78, 5) is 1.12. The second kappa shape index (κ2) is 6.91. The molecule has 1 unspecified atom stereocenters. The van der Waals surface area contributed by atoms with Crippen LogP contribution >= 0.6 is 27.3 Å². The van der Waals surface area contributed by atoms with Crippen LogP contribution in [0.3, 0.4) is 0 Å². The van der Waals surface area contributed by atoms with E-state index in [-0.39, 0.29) is 16.6 Å². The van der Waals surface area contributed by atoms with Crippen molar-refractivity contribution in [3.63, 3.8) is 0 Å². The molecule has 21 heavy (non-hydrogen) atoms. The van der Waals surface area contributed by atoms with Crippen LogP contribution in [0.25, 0.3) is 0 Å². The summed E-state index contributed by atoms with van der Waals surface area (Å²) in [6.45, 7) is 2.03. The Morgan fingerprint density at radius 1 is 1.38 bits per heavy atom. The van der Waals surface area contributed by atoms with Crippen LogP contribution in [0.4, 0.5) is 5.69 Å². The maximum absolute atomic E-state index is 12.5. The van der Waals surface area contributed by atoms with Gasteiger partial charge in [0.2, 0.25) is 10.0 Å². The predicted molar refractivity (Wildman–Crippen MR) is 90.8 cm³/mol. The third kappa shape index (κ3) is 4.06. The van der Waals surface area contributed by atoms with Gasteiger partial charge in [0, 0.05) is 9.35 Å². The average molecular weight is 389 g/mol. The highest BCUT2D eigenvalue weighted by molar-refractivity contribution is 9.10. The molecule has 1 aromatic carbocycles. The molecule has 2 aromatic rings. The lowest BCUT2D eigenvalue weighted by Gasteiger charge is -2.17. The number of nitrogens with one attached hydrogen (secondary N) is 1. The van der Waals surface area contributed by atoms with Crippen LogP contribution in [0.1, 0.15) is 30.7 Å². The fraction of sp³-hybridized carbons (Fsp3) is 0.286. The molecule has 3 N–H and O–H groups in total. The highest BCUT2D eigenvalue weighted by atomic mass is 79.9. The molecule has 0 bridgehead atoms. The van der Waals surface area contributed by atoms with Crippen molar-refractivity contribution in [3.05, 3.63) is 45.1 Å². The molecule has 1 heterocycles. The Bertz CT molecular complexity index is 700. The summed E-state index contributed by atoms with van der Waals surface area (Å²) in [5.74, 6) is 0. The standard InChI is InChI=1S/C14H17BrN2O2S2/c1-2-4-12(13-5-3-8-20-13)17-21(18,19)14-7-6-10(15)9-11(14)16/h3,5-9,12,17H,2,4,16H2,1H3. The predicted octanol–water partition coefficient (Wildman–Crippen LogP) is 3.91. The van der Waals surface area contributed by atoms with Gasteiger partial charge in [-0.3, -0.25) is 0 Å². The lowest BCUT2D eigenvalue weighted by Crippen LogP contribution is -2.28. The minimum absolute atomic E-state index is 0.114. The van der Waals surface area contributed by atoms with Crippen LogP contribution in [-0.2, 0) is 10.0 Å². The summed E-state index contributed by atoms with van der Waals surface area (Å²) >= 11 is 4.82. The van der Waals surface area contributed by atoms with Gasteiger partial charge in [-0.25, -0.2) is 13.1 Å². The highest BCUT2D eigenvalue weighted by Crippen LogP contribution is 2.28. The molecule has 0 radical (unpaired) electrons. The Labute approximate surface area is 137 Å². The third-order valence-corrected chi connectivity index (χ3v) is 6.05. The van der Waals surface area contributed by atoms with Gasteiger partial charge in [0.15, 0.2) is 0 Å². The Kier molecular flexibility index (Phi) is 5.43. The molecule has 0 aliphatic carbocycles. The number of nitrogens with two attached hydrogens (primary N) is 1. The van der Waals surface area contributed by atoms with E-state index in [1.807, 2.05) is 24.4 Å². The van der Waals surface area contributed by atoms with Crippen molar-refractivity contribution in [2.75, 3.05) is 5.73 Å². The lowest BCUT2D eigenvalue weighted by molar-refractivity contribution is 0.540. The van der Waals surface area contributed by atoms with Gasteiger partial charge in [0.25, 0.3) is 0 Å². The molecule has 7 heteroatoms. The molecule has 0 fully saturated rings. The number of nitrogen functional groups attached to an aromatic ring is 1. The van der Waals surface area contributed by atoms with E-state index in [4.69, 9.17) is 5.73 Å². The quantitative estimate of drug-likeness (QED) is 0.736. The summed E-state index contributed by atoms with van der Waals surface area (Å²) < 4.78 is 28.6. The minimum Gasteiger partial charge on any atom is -0.398 e. The van der Waals surface area contributed by atoms with E-state index in [1.54, 1.807) is 23.5 Å². The van der Waals surface area contributed by atoms with Gasteiger partial charge >= 0.3 is 0 Å². The van der Waals surface area contributed by atoms with Gasteiger partial charge in [-0.1, -0.05) is 35.3 Å². The number of rotatable bonds is 6. The molecule has 1 aromatic heterocycles. The monoisotopic (exact) mass is 388 g/mol. The maximum Gasteiger partial charge on any atom is 0.243 e. The van der Waals surface area contributed by atoms with Crippen LogP contribution in [0.2, 0.25) is 0 Å². The van der Waals surface area contributed by atoms with E-state index in [9.17, 15) is 8.42 Å². The molecule has 0 aliphatic rings. The van der Waals surface area contributed by atoms with Crippen molar-refractivity contribution in [2.45, 2.75) is 30.7 Å². The molecule has 2 rings (SSSR count). The number of sulfonamides is 1. The number of halogens is 1. The van der Waals surface area contributed by atoms with E-state index in [2.05, 4.69) is 20.7 Å². The fourth-order valence-electron chi connectivity index (χ4n) is 2.05. The first-order valence-corrected chi connectivity index (χ1v) is 9.70. The molecule has 114 valence electrons. The van der Waals surface area contributed by atoms with E-state index >= 15 is 0 Å². The van der Waals surface area contributed by atoms with Crippen LogP contribution in [0.5, 0.6) is 0 Å². The summed E-state index contributed by atoms with van der Waals surface area (Å²) in [5.41, 5.74) is 6.06. The van der Waals surface area contributed by atoms with Gasteiger partial charge < -0.3 is 5.73 Å². The summed E-state index contributed by atoms with van der Waals surface area (Å²) in [7, 11) is -3.64. The molecule has 4 nitrogen and oxygen atoms in total. The van der Waals surface area contributed by atoms with E-state index < -0.39 is 10.0 Å². The van der Waals surface area contributed by atoms with Crippen LogP contribution in [-0.4, -0.2) is 8.42 Å². The summed E-state index contributed by atoms with van der Waals surface area (Å²) in [6, 6.07) is 8.42.